The Kier molecular flexibility index (Phi) is 7.41. The number of hydrogen-bond donors (Lipinski definition) is 2. The number of aryl methyl sites for hydroxylation is 1. The molecule has 5 heteroatoms. The predicted octanol–water partition coefficient (Wildman–Crippen LogP) is 4.63. The van der Waals surface area contributed by atoms with Gasteiger partial charge in [0, 0.05) is 11.3 Å². The summed E-state index contributed by atoms with van der Waals surface area (Å²) in [4.78, 5) is 12.5. The third-order valence-electron chi connectivity index (χ3n) is 4.14. The lowest BCUT2D eigenvalue weighted by atomic mass is 10.0. The van der Waals surface area contributed by atoms with E-state index in [2.05, 4.69) is 18.8 Å². The van der Waals surface area contributed by atoms with E-state index < -0.39 is 5.91 Å². The average Bonchev–Trinajstić information content (AvgIpc) is 2.70. The Hall–Kier alpha value is -3.52. The van der Waals surface area contributed by atoms with Crippen LogP contribution < -0.4 is 10.1 Å². The minimum atomic E-state index is -0.497. The number of rotatable bonds is 8. The van der Waals surface area contributed by atoms with E-state index in [1.54, 1.807) is 18.2 Å². The molecule has 1 amide bonds. The third-order valence-corrected chi connectivity index (χ3v) is 4.14. The topological polar surface area (TPSA) is 82.4 Å². The van der Waals surface area contributed by atoms with E-state index in [1.165, 1.54) is 6.08 Å². The van der Waals surface area contributed by atoms with Gasteiger partial charge in [-0.3, -0.25) is 4.79 Å². The maximum absolute atomic E-state index is 12.5. The number of allylic oxidation sites excluding steroid dienone is 1. The van der Waals surface area contributed by atoms with Crippen molar-refractivity contribution in [3.8, 4) is 17.6 Å². The molecule has 28 heavy (non-hydrogen) atoms. The smallest absolute Gasteiger partial charge is 0.266 e. The van der Waals surface area contributed by atoms with E-state index in [1.807, 2.05) is 37.3 Å². The lowest BCUT2D eigenvalue weighted by Gasteiger charge is -2.11. The van der Waals surface area contributed by atoms with Crippen LogP contribution in [0.15, 0.2) is 54.6 Å². The number of phenolic OH excluding ortho intramolecular Hbond substituents is 1. The Morgan fingerprint density at radius 1 is 1.29 bits per heavy atom. The number of carbonyl (C=O) groups excluding carboxylic acids is 1. The molecule has 0 saturated carbocycles. The van der Waals surface area contributed by atoms with E-state index in [-0.39, 0.29) is 11.3 Å². The summed E-state index contributed by atoms with van der Waals surface area (Å²) >= 11 is 0. The number of nitrogens with zero attached hydrogens (tertiary/aromatic N) is 1. The summed E-state index contributed by atoms with van der Waals surface area (Å²) < 4.78 is 5.46. The van der Waals surface area contributed by atoms with E-state index >= 15 is 0 Å². The van der Waals surface area contributed by atoms with Crippen molar-refractivity contribution in [2.24, 2.45) is 0 Å². The normalized spacial score (nSPS) is 10.8. The van der Waals surface area contributed by atoms with Gasteiger partial charge in [0.15, 0.2) is 11.5 Å². The van der Waals surface area contributed by atoms with Gasteiger partial charge in [0.1, 0.15) is 11.6 Å². The minimum Gasteiger partial charge on any atom is -0.504 e. The first-order valence-electron chi connectivity index (χ1n) is 9.14. The van der Waals surface area contributed by atoms with Gasteiger partial charge in [-0.1, -0.05) is 25.1 Å². The molecule has 0 aliphatic carbocycles. The first kappa shape index (κ1) is 20.8. The molecule has 2 N–H and O–H groups in total. The number of amides is 1. The molecule has 0 radical (unpaired) electrons. The Bertz CT molecular complexity index is 922. The second-order valence-corrected chi connectivity index (χ2v) is 6.13. The van der Waals surface area contributed by atoms with Crippen LogP contribution in [0.2, 0.25) is 0 Å². The molecule has 0 heterocycles. The van der Waals surface area contributed by atoms with Gasteiger partial charge in [0.05, 0.1) is 6.61 Å². The van der Waals surface area contributed by atoms with Crippen LogP contribution in [-0.2, 0) is 17.6 Å². The molecular formula is C23H24N2O3. The number of hydrogen-bond acceptors (Lipinski definition) is 4. The number of anilines is 1. The fourth-order valence-corrected chi connectivity index (χ4v) is 2.69. The van der Waals surface area contributed by atoms with Crippen molar-refractivity contribution in [1.29, 1.82) is 5.26 Å². The fourth-order valence-electron chi connectivity index (χ4n) is 2.69. The Morgan fingerprint density at radius 3 is 2.57 bits per heavy atom. The molecule has 0 aliphatic heterocycles. The lowest BCUT2D eigenvalue weighted by Crippen LogP contribution is -2.13. The van der Waals surface area contributed by atoms with Gasteiger partial charge in [-0.25, -0.2) is 0 Å². The average molecular weight is 376 g/mol. The van der Waals surface area contributed by atoms with Crippen LogP contribution in [0.1, 0.15) is 30.5 Å². The first-order chi connectivity index (χ1) is 13.5. The molecule has 2 rings (SSSR count). The Labute approximate surface area is 165 Å². The van der Waals surface area contributed by atoms with Crippen LogP contribution in [0.4, 0.5) is 5.69 Å². The monoisotopic (exact) mass is 376 g/mol. The maximum atomic E-state index is 12.5. The Balaban J connectivity index is 2.32. The zero-order valence-corrected chi connectivity index (χ0v) is 16.2. The largest absolute Gasteiger partial charge is 0.504 e. The molecule has 2 aromatic rings. The van der Waals surface area contributed by atoms with Gasteiger partial charge in [-0.2, -0.15) is 5.26 Å². The molecule has 0 bridgehead atoms. The van der Waals surface area contributed by atoms with Gasteiger partial charge in [0.2, 0.25) is 0 Å². The highest BCUT2D eigenvalue weighted by Gasteiger charge is 2.13. The number of nitriles is 1. The summed E-state index contributed by atoms with van der Waals surface area (Å²) in [6, 6.07) is 12.7. The number of carbonyl (C=O) groups is 1. The molecule has 5 nitrogen and oxygen atoms in total. The number of ether oxygens (including phenoxy) is 1. The van der Waals surface area contributed by atoms with E-state index in [4.69, 9.17) is 4.74 Å². The van der Waals surface area contributed by atoms with Crippen molar-refractivity contribution in [3.63, 3.8) is 0 Å². The predicted molar refractivity (Wildman–Crippen MR) is 111 cm³/mol. The molecule has 0 spiro atoms. The third kappa shape index (κ3) is 5.24. The summed E-state index contributed by atoms with van der Waals surface area (Å²) in [7, 11) is 0. The van der Waals surface area contributed by atoms with Crippen LogP contribution in [0.5, 0.6) is 11.5 Å². The number of benzene rings is 2. The molecule has 0 unspecified atom stereocenters. The Morgan fingerprint density at radius 2 is 2.00 bits per heavy atom. The van der Waals surface area contributed by atoms with Crippen LogP contribution in [0.3, 0.4) is 0 Å². The van der Waals surface area contributed by atoms with Crippen LogP contribution in [-0.4, -0.2) is 17.6 Å². The highest BCUT2D eigenvalue weighted by Crippen LogP contribution is 2.33. The molecule has 0 atom stereocenters. The van der Waals surface area contributed by atoms with Crippen molar-refractivity contribution in [3.05, 3.63) is 71.3 Å². The molecule has 2 aromatic carbocycles. The van der Waals surface area contributed by atoms with Crippen molar-refractivity contribution < 1.29 is 14.6 Å². The second kappa shape index (κ2) is 9.98. The van der Waals surface area contributed by atoms with Crippen molar-refractivity contribution >= 4 is 17.7 Å². The summed E-state index contributed by atoms with van der Waals surface area (Å²) in [6.07, 6.45) is 4.49. The second-order valence-electron chi connectivity index (χ2n) is 6.13. The number of phenols is 1. The minimum absolute atomic E-state index is 0.0397. The highest BCUT2D eigenvalue weighted by atomic mass is 16.5. The molecular weight excluding hydrogens is 352 g/mol. The van der Waals surface area contributed by atoms with Gasteiger partial charge in [0.25, 0.3) is 5.91 Å². The SMILES string of the molecule is C=CCc1cc(/C=C(\C#N)C(=O)Nc2ccc(CC)cc2)cc(OCC)c1O. The molecule has 0 saturated heterocycles. The highest BCUT2D eigenvalue weighted by molar-refractivity contribution is 6.09. The van der Waals surface area contributed by atoms with E-state index in [9.17, 15) is 15.2 Å². The van der Waals surface area contributed by atoms with Crippen LogP contribution in [0.25, 0.3) is 6.08 Å². The standard InChI is InChI=1S/C23H24N2O3/c1-4-7-18-12-17(14-21(22(18)26)28-6-3)13-19(15-24)23(27)25-20-10-8-16(5-2)9-11-20/h4,8-14,26H,1,5-7H2,2-3H3,(H,25,27)/b19-13+. The van der Waals surface area contributed by atoms with Crippen molar-refractivity contribution in [2.45, 2.75) is 26.7 Å². The van der Waals surface area contributed by atoms with Gasteiger partial charge in [-0.05, 0) is 61.2 Å². The van der Waals surface area contributed by atoms with Crippen molar-refractivity contribution in [1.82, 2.24) is 0 Å². The van der Waals surface area contributed by atoms with Crippen LogP contribution >= 0.6 is 0 Å². The summed E-state index contributed by atoms with van der Waals surface area (Å²) in [5.41, 5.74) is 2.94. The molecule has 0 aromatic heterocycles. The van der Waals surface area contributed by atoms with Gasteiger partial charge < -0.3 is 15.2 Å². The zero-order valence-electron chi connectivity index (χ0n) is 16.2. The van der Waals surface area contributed by atoms with Crippen LogP contribution in [0, 0.1) is 11.3 Å². The summed E-state index contributed by atoms with van der Waals surface area (Å²) in [6.45, 7) is 7.93. The van der Waals surface area contributed by atoms with Crippen molar-refractivity contribution in [2.75, 3.05) is 11.9 Å². The molecule has 0 aliphatic rings. The lowest BCUT2D eigenvalue weighted by molar-refractivity contribution is -0.112. The maximum Gasteiger partial charge on any atom is 0.266 e. The number of nitrogens with one attached hydrogen (secondary N) is 1. The molecule has 144 valence electrons. The quantitative estimate of drug-likeness (QED) is 0.400. The fraction of sp³-hybridized carbons (Fsp3) is 0.217. The van der Waals surface area contributed by atoms with Gasteiger partial charge in [-0.15, -0.1) is 6.58 Å². The van der Waals surface area contributed by atoms with E-state index in [0.717, 1.165) is 12.0 Å². The number of aromatic hydroxyl groups is 1. The van der Waals surface area contributed by atoms with E-state index in [0.29, 0.717) is 35.6 Å². The molecule has 0 fully saturated rings. The zero-order chi connectivity index (χ0) is 20.5. The summed E-state index contributed by atoms with van der Waals surface area (Å²) in [5.74, 6) is -0.151. The van der Waals surface area contributed by atoms with Gasteiger partial charge >= 0.3 is 0 Å². The summed E-state index contributed by atoms with van der Waals surface area (Å²) in [5, 5.41) is 22.4. The first-order valence-corrected chi connectivity index (χ1v) is 9.14.